The lowest BCUT2D eigenvalue weighted by molar-refractivity contribution is 0.108. The number of hydrogen-bond donors (Lipinski definition) is 2. The summed E-state index contributed by atoms with van der Waals surface area (Å²) in [5, 5.41) is 4.38. The number of nitrogens with one attached hydrogen (secondary N) is 1. The third-order valence-corrected chi connectivity index (χ3v) is 2.85. The molecule has 0 amide bonds. The van der Waals surface area contributed by atoms with Gasteiger partial charge in [-0.1, -0.05) is 0 Å². The third kappa shape index (κ3) is 3.71. The summed E-state index contributed by atoms with van der Waals surface area (Å²) >= 11 is 1.71. The van der Waals surface area contributed by atoms with E-state index < -0.39 is 0 Å². The molecule has 0 spiro atoms. The van der Waals surface area contributed by atoms with Crippen LogP contribution in [0.25, 0.3) is 0 Å². The molecule has 80 valence electrons. The van der Waals surface area contributed by atoms with Crippen molar-refractivity contribution in [2.24, 2.45) is 5.73 Å². The van der Waals surface area contributed by atoms with Crippen LogP contribution in [0.5, 0.6) is 0 Å². The molecule has 0 bridgehead atoms. The summed E-state index contributed by atoms with van der Waals surface area (Å²) in [6.45, 7) is 4.17. The summed E-state index contributed by atoms with van der Waals surface area (Å²) in [6.07, 6.45) is 2.00. The molecular formula is C9H17N3OS. The lowest BCUT2D eigenvalue weighted by Gasteiger charge is -2.12. The van der Waals surface area contributed by atoms with E-state index in [0.29, 0.717) is 6.54 Å². The van der Waals surface area contributed by atoms with Gasteiger partial charge in [-0.2, -0.15) is 0 Å². The van der Waals surface area contributed by atoms with Gasteiger partial charge in [0, 0.05) is 37.8 Å². The van der Waals surface area contributed by atoms with Gasteiger partial charge in [-0.15, -0.1) is 11.3 Å². The SMILES string of the molecule is COC(CN)CNCc1cnc(C)s1. The quantitative estimate of drug-likeness (QED) is 0.726. The first-order valence-corrected chi connectivity index (χ1v) is 5.42. The molecule has 1 rings (SSSR count). The fourth-order valence-corrected chi connectivity index (χ4v) is 1.87. The lowest BCUT2D eigenvalue weighted by atomic mass is 10.3. The van der Waals surface area contributed by atoms with Crippen molar-refractivity contribution >= 4 is 11.3 Å². The number of nitrogens with zero attached hydrogens (tertiary/aromatic N) is 1. The van der Waals surface area contributed by atoms with Gasteiger partial charge >= 0.3 is 0 Å². The predicted octanol–water partition coefficient (Wildman–Crippen LogP) is 0.515. The Morgan fingerprint density at radius 3 is 3.00 bits per heavy atom. The topological polar surface area (TPSA) is 60.2 Å². The van der Waals surface area contributed by atoms with E-state index in [4.69, 9.17) is 10.5 Å². The Kier molecular flexibility index (Phi) is 5.03. The van der Waals surface area contributed by atoms with Gasteiger partial charge in [0.25, 0.3) is 0 Å². The Hall–Kier alpha value is -0.490. The van der Waals surface area contributed by atoms with E-state index in [-0.39, 0.29) is 6.10 Å². The average molecular weight is 215 g/mol. The van der Waals surface area contributed by atoms with Gasteiger partial charge in [0.2, 0.25) is 0 Å². The van der Waals surface area contributed by atoms with Crippen LogP contribution in [0.1, 0.15) is 9.88 Å². The number of aromatic nitrogens is 1. The second-order valence-corrected chi connectivity index (χ2v) is 4.39. The normalized spacial score (nSPS) is 13.1. The fraction of sp³-hybridized carbons (Fsp3) is 0.667. The molecule has 14 heavy (non-hydrogen) atoms. The molecule has 0 aliphatic carbocycles. The van der Waals surface area contributed by atoms with Crippen LogP contribution in [0.15, 0.2) is 6.20 Å². The molecule has 0 aliphatic heterocycles. The van der Waals surface area contributed by atoms with E-state index in [1.165, 1.54) is 4.88 Å². The first-order valence-electron chi connectivity index (χ1n) is 4.61. The summed E-state index contributed by atoms with van der Waals surface area (Å²) in [7, 11) is 1.68. The van der Waals surface area contributed by atoms with Gasteiger partial charge in [0.05, 0.1) is 11.1 Å². The van der Waals surface area contributed by atoms with E-state index in [9.17, 15) is 0 Å². The molecule has 1 unspecified atom stereocenters. The highest BCUT2D eigenvalue weighted by Crippen LogP contribution is 2.10. The summed E-state index contributed by atoms with van der Waals surface area (Å²) in [4.78, 5) is 5.42. The maximum Gasteiger partial charge on any atom is 0.0897 e. The molecule has 0 fully saturated rings. The lowest BCUT2D eigenvalue weighted by Crippen LogP contribution is -2.33. The van der Waals surface area contributed by atoms with Crippen LogP contribution in [-0.4, -0.2) is 31.3 Å². The van der Waals surface area contributed by atoms with E-state index in [0.717, 1.165) is 18.1 Å². The standard InChI is InChI=1S/C9H17N3OS/c1-7-12-6-9(14-7)5-11-4-8(3-10)13-2/h6,8,11H,3-5,10H2,1-2H3. The van der Waals surface area contributed by atoms with Crippen LogP contribution in [0, 0.1) is 6.92 Å². The van der Waals surface area contributed by atoms with Crippen LogP contribution < -0.4 is 11.1 Å². The van der Waals surface area contributed by atoms with Gasteiger partial charge in [-0.05, 0) is 6.92 Å². The van der Waals surface area contributed by atoms with Crippen molar-refractivity contribution in [1.82, 2.24) is 10.3 Å². The molecule has 1 heterocycles. The molecule has 1 atom stereocenters. The van der Waals surface area contributed by atoms with Crippen LogP contribution in [0.4, 0.5) is 0 Å². The van der Waals surface area contributed by atoms with Gasteiger partial charge in [-0.25, -0.2) is 4.98 Å². The van der Waals surface area contributed by atoms with E-state index in [1.807, 2.05) is 13.1 Å². The highest BCUT2D eigenvalue weighted by atomic mass is 32.1. The van der Waals surface area contributed by atoms with Gasteiger partial charge in [0.15, 0.2) is 0 Å². The van der Waals surface area contributed by atoms with Crippen molar-refractivity contribution in [3.63, 3.8) is 0 Å². The molecule has 0 saturated heterocycles. The second-order valence-electron chi connectivity index (χ2n) is 3.07. The summed E-state index contributed by atoms with van der Waals surface area (Å²) in [6, 6.07) is 0. The maximum absolute atomic E-state index is 5.49. The Bertz CT molecular complexity index is 260. The smallest absolute Gasteiger partial charge is 0.0897 e. The summed E-state index contributed by atoms with van der Waals surface area (Å²) in [5.41, 5.74) is 5.49. The second kappa shape index (κ2) is 6.08. The predicted molar refractivity (Wildman–Crippen MR) is 58.4 cm³/mol. The minimum atomic E-state index is 0.101. The van der Waals surface area contributed by atoms with Crippen molar-refractivity contribution in [3.8, 4) is 0 Å². The van der Waals surface area contributed by atoms with Gasteiger partial charge in [-0.3, -0.25) is 0 Å². The molecule has 5 heteroatoms. The Morgan fingerprint density at radius 2 is 2.50 bits per heavy atom. The number of ether oxygens (including phenoxy) is 1. The van der Waals surface area contributed by atoms with E-state index in [1.54, 1.807) is 18.4 Å². The minimum Gasteiger partial charge on any atom is -0.379 e. The molecular weight excluding hydrogens is 198 g/mol. The Morgan fingerprint density at radius 1 is 1.71 bits per heavy atom. The highest BCUT2D eigenvalue weighted by molar-refractivity contribution is 7.11. The van der Waals surface area contributed by atoms with Crippen molar-refractivity contribution < 1.29 is 4.74 Å². The maximum atomic E-state index is 5.49. The van der Waals surface area contributed by atoms with Crippen molar-refractivity contribution in [3.05, 3.63) is 16.1 Å². The van der Waals surface area contributed by atoms with Crippen molar-refractivity contribution in [2.45, 2.75) is 19.6 Å². The molecule has 0 saturated carbocycles. The molecule has 1 aromatic heterocycles. The van der Waals surface area contributed by atoms with E-state index in [2.05, 4.69) is 10.3 Å². The highest BCUT2D eigenvalue weighted by Gasteiger charge is 2.04. The van der Waals surface area contributed by atoms with Crippen LogP contribution >= 0.6 is 11.3 Å². The monoisotopic (exact) mass is 215 g/mol. The van der Waals surface area contributed by atoms with E-state index >= 15 is 0 Å². The number of aryl methyl sites for hydroxylation is 1. The fourth-order valence-electron chi connectivity index (χ4n) is 1.11. The molecule has 4 nitrogen and oxygen atoms in total. The number of methoxy groups -OCH3 is 1. The number of nitrogens with two attached hydrogens (primary N) is 1. The Balaban J connectivity index is 2.21. The minimum absolute atomic E-state index is 0.101. The van der Waals surface area contributed by atoms with Gasteiger partial charge < -0.3 is 15.8 Å². The molecule has 0 aromatic carbocycles. The average Bonchev–Trinajstić information content (AvgIpc) is 2.59. The zero-order valence-corrected chi connectivity index (χ0v) is 9.43. The Labute approximate surface area is 88.5 Å². The summed E-state index contributed by atoms with van der Waals surface area (Å²) in [5.74, 6) is 0. The molecule has 1 aromatic rings. The largest absolute Gasteiger partial charge is 0.379 e. The zero-order valence-electron chi connectivity index (χ0n) is 8.62. The number of hydrogen-bond acceptors (Lipinski definition) is 5. The summed E-state index contributed by atoms with van der Waals surface area (Å²) < 4.78 is 5.14. The van der Waals surface area contributed by atoms with Crippen molar-refractivity contribution in [2.75, 3.05) is 20.2 Å². The number of thiazole rings is 1. The third-order valence-electron chi connectivity index (χ3n) is 1.94. The molecule has 0 radical (unpaired) electrons. The molecule has 3 N–H and O–H groups in total. The van der Waals surface area contributed by atoms with Gasteiger partial charge in [0.1, 0.15) is 0 Å². The van der Waals surface area contributed by atoms with Crippen LogP contribution in [0.2, 0.25) is 0 Å². The number of rotatable bonds is 6. The van der Waals surface area contributed by atoms with Crippen LogP contribution in [-0.2, 0) is 11.3 Å². The molecule has 0 aliphatic rings. The van der Waals surface area contributed by atoms with Crippen molar-refractivity contribution in [1.29, 1.82) is 0 Å². The zero-order chi connectivity index (χ0) is 10.4. The van der Waals surface area contributed by atoms with Crippen LogP contribution in [0.3, 0.4) is 0 Å². The first kappa shape index (κ1) is 11.6. The first-order chi connectivity index (χ1) is 6.76.